The van der Waals surface area contributed by atoms with Gasteiger partial charge < -0.3 is 0 Å². The smallest absolute Gasteiger partial charge is 0.0917 e. The van der Waals surface area contributed by atoms with Gasteiger partial charge in [-0.1, -0.05) is 107 Å². The molecule has 3 heteroatoms. The van der Waals surface area contributed by atoms with Crippen LogP contribution in [0.3, 0.4) is 0 Å². The van der Waals surface area contributed by atoms with Crippen molar-refractivity contribution in [3.8, 4) is 0 Å². The molecule has 0 spiro atoms. The summed E-state index contributed by atoms with van der Waals surface area (Å²) in [4.78, 5) is 0. The first kappa shape index (κ1) is 29.8. The second-order valence-electron chi connectivity index (χ2n) is 10.3. The molecule has 6 rings (SSSR count). The fraction of sp³-hybridized carbons (Fsp3) is 0.353. The zero-order valence-electron chi connectivity index (χ0n) is 21.9. The van der Waals surface area contributed by atoms with E-state index in [4.69, 9.17) is 0 Å². The Hall–Kier alpha value is -0.181. The van der Waals surface area contributed by atoms with Crippen molar-refractivity contribution in [2.24, 2.45) is 0 Å². The van der Waals surface area contributed by atoms with E-state index in [0.717, 1.165) is 11.3 Å². The molecular formula is C34H40FeP2+2. The van der Waals surface area contributed by atoms with Gasteiger partial charge in [0.25, 0.3) is 0 Å². The number of hydrogen-bond acceptors (Lipinski definition) is 0. The summed E-state index contributed by atoms with van der Waals surface area (Å²) >= 11 is 0. The Morgan fingerprint density at radius 2 is 0.865 bits per heavy atom. The molecule has 0 saturated heterocycles. The second kappa shape index (κ2) is 16.2. The second-order valence-corrected chi connectivity index (χ2v) is 15.2. The third-order valence-corrected chi connectivity index (χ3v) is 14.0. The molecule has 0 atom stereocenters. The minimum absolute atomic E-state index is 0. The molecule has 2 aromatic carbocycles. The van der Waals surface area contributed by atoms with Crippen molar-refractivity contribution >= 4 is 26.5 Å². The van der Waals surface area contributed by atoms with E-state index in [9.17, 15) is 0 Å². The van der Waals surface area contributed by atoms with Crippen molar-refractivity contribution in [2.45, 2.75) is 75.5 Å². The first-order valence-electron chi connectivity index (χ1n) is 14.0. The molecule has 10 radical (unpaired) electrons. The largest absolute Gasteiger partial charge is 2.00 e. The summed E-state index contributed by atoms with van der Waals surface area (Å²) in [6.45, 7) is 0. The van der Waals surface area contributed by atoms with Gasteiger partial charge in [-0.3, -0.25) is 0 Å². The molecule has 4 saturated carbocycles. The number of rotatable bonds is 6. The van der Waals surface area contributed by atoms with Crippen LogP contribution in [0, 0.1) is 62.7 Å². The number of hydrogen-bond donors (Lipinski definition) is 0. The van der Waals surface area contributed by atoms with E-state index in [2.05, 4.69) is 79.9 Å². The van der Waals surface area contributed by atoms with Crippen LogP contribution in [0.4, 0.5) is 0 Å². The molecule has 0 aliphatic heterocycles. The Morgan fingerprint density at radius 3 is 1.30 bits per heavy atom. The van der Waals surface area contributed by atoms with E-state index >= 15 is 0 Å². The molecule has 4 aliphatic carbocycles. The maximum absolute atomic E-state index is 2.55. The molecule has 192 valence electrons. The van der Waals surface area contributed by atoms with Crippen LogP contribution >= 0.6 is 15.8 Å². The molecule has 0 bridgehead atoms. The standard InChI is InChI=1S/C29H35P2.C5H5.Fe/c1-5-14-24(15-6-1)30(25-16-7-2-8-17-25)28-22-13-23-29(28)31(26-18-9-3-10-19-26)27-20-11-4-12-21-27;1-2-4-5-3-1;/h1-2,5-8,13-17,22-23,26-27H,3-4,9-12,18-21H2;1-5H;/q;;+2. The van der Waals surface area contributed by atoms with Crippen molar-refractivity contribution in [1.29, 1.82) is 0 Å². The first-order chi connectivity index (χ1) is 17.9. The molecule has 0 unspecified atom stereocenters. The molecule has 2 aromatic rings. The molecule has 0 nitrogen and oxygen atoms in total. The minimum atomic E-state index is -0.488. The van der Waals surface area contributed by atoms with Crippen molar-refractivity contribution in [3.63, 3.8) is 0 Å². The van der Waals surface area contributed by atoms with E-state index in [1.807, 2.05) is 32.1 Å². The average molecular weight is 566 g/mol. The maximum atomic E-state index is 2.55. The van der Waals surface area contributed by atoms with E-state index in [1.165, 1.54) is 74.8 Å². The fourth-order valence-corrected chi connectivity index (χ4v) is 12.9. The normalized spacial score (nSPS) is 22.1. The van der Waals surface area contributed by atoms with Gasteiger partial charge in [0.05, 0.1) is 0 Å². The van der Waals surface area contributed by atoms with Crippen LogP contribution in [0.15, 0.2) is 60.7 Å². The third-order valence-electron chi connectivity index (χ3n) is 7.81. The van der Waals surface area contributed by atoms with Crippen molar-refractivity contribution in [1.82, 2.24) is 0 Å². The maximum Gasteiger partial charge on any atom is 2.00 e. The zero-order chi connectivity index (χ0) is 24.4. The summed E-state index contributed by atoms with van der Waals surface area (Å²) in [6.07, 6.45) is 32.1. The Balaban J connectivity index is 0.000000479. The van der Waals surface area contributed by atoms with Gasteiger partial charge in [0.2, 0.25) is 0 Å². The van der Waals surface area contributed by atoms with E-state index in [-0.39, 0.29) is 25.0 Å². The van der Waals surface area contributed by atoms with Gasteiger partial charge >= 0.3 is 17.1 Å². The SMILES string of the molecule is [CH]1[CH][CH][CH][CH]1.[CH]1[CH][C](P(c2ccccc2)c2ccccc2)[C](P(C2CCCCC2)C2CCCCC2)[CH]1.[Fe+2]. The summed E-state index contributed by atoms with van der Waals surface area (Å²) < 4.78 is 0. The van der Waals surface area contributed by atoms with Crippen LogP contribution in [-0.2, 0) is 17.1 Å². The molecule has 0 N–H and O–H groups in total. The van der Waals surface area contributed by atoms with Crippen LogP contribution in [-0.4, -0.2) is 11.3 Å². The topological polar surface area (TPSA) is 0 Å². The summed E-state index contributed by atoms with van der Waals surface area (Å²) in [5, 5.41) is 3.00. The van der Waals surface area contributed by atoms with E-state index in [1.54, 1.807) is 11.3 Å². The van der Waals surface area contributed by atoms with Crippen molar-refractivity contribution in [2.75, 3.05) is 0 Å². The van der Waals surface area contributed by atoms with Crippen LogP contribution < -0.4 is 10.6 Å². The van der Waals surface area contributed by atoms with E-state index < -0.39 is 7.92 Å². The van der Waals surface area contributed by atoms with Gasteiger partial charge in [-0.2, -0.15) is 0 Å². The van der Waals surface area contributed by atoms with Crippen LogP contribution in [0.5, 0.6) is 0 Å². The summed E-state index contributed by atoms with van der Waals surface area (Å²) in [5.41, 5.74) is 5.34. The summed E-state index contributed by atoms with van der Waals surface area (Å²) in [6, 6.07) is 22.6. The number of benzene rings is 2. The zero-order valence-corrected chi connectivity index (χ0v) is 24.8. The Bertz CT molecular complexity index is 791. The van der Waals surface area contributed by atoms with Gasteiger partial charge in [0.15, 0.2) is 0 Å². The molecule has 0 amide bonds. The van der Waals surface area contributed by atoms with Gasteiger partial charge in [0, 0.05) is 11.3 Å². The average Bonchev–Trinajstić information content (AvgIpc) is 3.68. The monoisotopic (exact) mass is 566 g/mol. The van der Waals surface area contributed by atoms with E-state index in [0.29, 0.717) is 0 Å². The predicted molar refractivity (Wildman–Crippen MR) is 161 cm³/mol. The Labute approximate surface area is 241 Å². The minimum Gasteiger partial charge on any atom is -0.0917 e. The van der Waals surface area contributed by atoms with Crippen molar-refractivity contribution < 1.29 is 17.1 Å². The summed E-state index contributed by atoms with van der Waals surface area (Å²) in [5.74, 6) is 0. The molecular weight excluding hydrogens is 526 g/mol. The third kappa shape index (κ3) is 8.17. The fourth-order valence-electron chi connectivity index (χ4n) is 6.12. The van der Waals surface area contributed by atoms with Gasteiger partial charge in [0.1, 0.15) is 0 Å². The Kier molecular flexibility index (Phi) is 13.0. The predicted octanol–water partition coefficient (Wildman–Crippen LogP) is 8.98. The summed E-state index contributed by atoms with van der Waals surface area (Å²) in [7, 11) is -0.561. The van der Waals surface area contributed by atoms with Gasteiger partial charge in [-0.25, -0.2) is 0 Å². The molecule has 37 heavy (non-hydrogen) atoms. The van der Waals surface area contributed by atoms with Crippen LogP contribution in [0.25, 0.3) is 0 Å². The Morgan fingerprint density at radius 1 is 0.459 bits per heavy atom. The molecule has 4 aliphatic rings. The van der Waals surface area contributed by atoms with Crippen LogP contribution in [0.2, 0.25) is 0 Å². The quantitative estimate of drug-likeness (QED) is 0.242. The van der Waals surface area contributed by atoms with Crippen molar-refractivity contribution in [3.05, 3.63) is 123 Å². The van der Waals surface area contributed by atoms with Crippen LogP contribution in [0.1, 0.15) is 64.2 Å². The first-order valence-corrected chi connectivity index (χ1v) is 16.8. The molecule has 0 aromatic heterocycles. The molecule has 0 heterocycles. The van der Waals surface area contributed by atoms with Gasteiger partial charge in [-0.05, 0) is 107 Å². The van der Waals surface area contributed by atoms with Gasteiger partial charge in [-0.15, -0.1) is 0 Å². The molecule has 4 fully saturated rings.